The van der Waals surface area contributed by atoms with Crippen LogP contribution in [0.2, 0.25) is 0 Å². The van der Waals surface area contributed by atoms with Crippen LogP contribution >= 0.6 is 22.7 Å². The van der Waals surface area contributed by atoms with Gasteiger partial charge in [0.25, 0.3) is 0 Å². The summed E-state index contributed by atoms with van der Waals surface area (Å²) < 4.78 is 1.21. The zero-order valence-corrected chi connectivity index (χ0v) is 15.2. The highest BCUT2D eigenvalue weighted by molar-refractivity contribution is 7.19. The Morgan fingerprint density at radius 1 is 1.20 bits per heavy atom. The molecule has 0 bridgehead atoms. The molecule has 0 fully saturated rings. The van der Waals surface area contributed by atoms with Crippen molar-refractivity contribution in [3.05, 3.63) is 53.0 Å². The van der Waals surface area contributed by atoms with Gasteiger partial charge in [-0.05, 0) is 42.8 Å². The number of benzene rings is 1. The lowest BCUT2D eigenvalue weighted by Gasteiger charge is -2.07. The Bertz CT molecular complexity index is 1110. The molecular weight excluding hydrogens is 348 g/mol. The van der Waals surface area contributed by atoms with E-state index in [1.807, 2.05) is 17.8 Å². The van der Waals surface area contributed by atoms with E-state index in [1.54, 1.807) is 22.7 Å². The van der Waals surface area contributed by atoms with Gasteiger partial charge in [0.2, 0.25) is 0 Å². The van der Waals surface area contributed by atoms with Gasteiger partial charge in [-0.3, -0.25) is 0 Å². The van der Waals surface area contributed by atoms with Gasteiger partial charge in [-0.1, -0.05) is 6.08 Å². The minimum atomic E-state index is 0.400. The lowest BCUT2D eigenvalue weighted by atomic mass is 10.1. The van der Waals surface area contributed by atoms with Gasteiger partial charge in [0.15, 0.2) is 0 Å². The summed E-state index contributed by atoms with van der Waals surface area (Å²) in [6.07, 6.45) is 4.15. The molecule has 0 radical (unpaired) electrons. The van der Waals surface area contributed by atoms with Crippen molar-refractivity contribution >= 4 is 60.1 Å². The van der Waals surface area contributed by atoms with E-state index in [1.165, 1.54) is 20.5 Å². The summed E-state index contributed by atoms with van der Waals surface area (Å²) in [6, 6.07) is 11.0. The van der Waals surface area contributed by atoms with Gasteiger partial charge in [-0.2, -0.15) is 0 Å². The number of aromatic nitrogens is 2. The highest BCUT2D eigenvalue weighted by Gasteiger charge is 2.18. The molecule has 2 N–H and O–H groups in total. The summed E-state index contributed by atoms with van der Waals surface area (Å²) in [5, 5.41) is 8.16. The highest BCUT2D eigenvalue weighted by atomic mass is 32.1. The maximum Gasteiger partial charge on any atom is 0.125 e. The third-order valence-corrected chi connectivity index (χ3v) is 6.44. The molecule has 1 aromatic carbocycles. The number of thiazole rings is 1. The first-order valence-corrected chi connectivity index (χ1v) is 9.90. The topological polar surface area (TPSA) is 49.8 Å². The molecule has 1 aliphatic rings. The number of hydrogen-bond acceptors (Lipinski definition) is 6. The van der Waals surface area contributed by atoms with Crippen molar-refractivity contribution < 1.29 is 0 Å². The Hall–Kier alpha value is -2.28. The van der Waals surface area contributed by atoms with Crippen LogP contribution in [0.4, 0.5) is 11.4 Å². The van der Waals surface area contributed by atoms with E-state index in [9.17, 15) is 0 Å². The van der Waals surface area contributed by atoms with E-state index in [4.69, 9.17) is 0 Å². The molecule has 0 unspecified atom stereocenters. The lowest BCUT2D eigenvalue weighted by Crippen LogP contribution is -2.19. The zero-order valence-electron chi connectivity index (χ0n) is 13.6. The van der Waals surface area contributed by atoms with Crippen molar-refractivity contribution in [2.45, 2.75) is 13.0 Å². The summed E-state index contributed by atoms with van der Waals surface area (Å²) in [7, 11) is 0. The third kappa shape index (κ3) is 2.63. The second kappa shape index (κ2) is 5.91. The molecule has 0 saturated heterocycles. The molecule has 5 rings (SSSR count). The van der Waals surface area contributed by atoms with Crippen molar-refractivity contribution in [3.8, 4) is 0 Å². The summed E-state index contributed by atoms with van der Waals surface area (Å²) in [6.45, 7) is 3.15. The van der Waals surface area contributed by atoms with E-state index >= 15 is 0 Å². The van der Waals surface area contributed by atoms with Crippen molar-refractivity contribution in [1.29, 1.82) is 0 Å². The van der Waals surface area contributed by atoms with Crippen LogP contribution in [0.3, 0.4) is 0 Å². The van der Waals surface area contributed by atoms with E-state index in [2.05, 4.69) is 57.9 Å². The molecule has 6 heteroatoms. The second-order valence-electron chi connectivity index (χ2n) is 6.14. The maximum atomic E-state index is 4.56. The molecule has 0 saturated carbocycles. The molecule has 0 spiro atoms. The molecule has 0 aliphatic carbocycles. The van der Waals surface area contributed by atoms with E-state index < -0.39 is 0 Å². The molecule has 0 amide bonds. The fraction of sp³-hybridized carbons (Fsp3) is 0.158. The summed E-state index contributed by atoms with van der Waals surface area (Å²) in [5.74, 6) is 0. The number of rotatable bonds is 3. The first-order chi connectivity index (χ1) is 12.3. The maximum absolute atomic E-state index is 4.56. The van der Waals surface area contributed by atoms with Gasteiger partial charge in [-0.25, -0.2) is 9.97 Å². The van der Waals surface area contributed by atoms with Crippen molar-refractivity contribution in [1.82, 2.24) is 15.3 Å². The molecule has 4 nitrogen and oxygen atoms in total. The highest BCUT2D eigenvalue weighted by Crippen LogP contribution is 2.36. The van der Waals surface area contributed by atoms with E-state index in [-0.39, 0.29) is 0 Å². The number of fused-ring (bicyclic) bond motifs is 2. The number of pyridine rings is 1. The van der Waals surface area contributed by atoms with Crippen LogP contribution in [0.25, 0.3) is 26.0 Å². The Morgan fingerprint density at radius 3 is 3.04 bits per heavy atom. The summed E-state index contributed by atoms with van der Waals surface area (Å²) in [5.41, 5.74) is 6.42. The molecule has 25 heavy (non-hydrogen) atoms. The third-order valence-electron chi connectivity index (χ3n) is 4.54. The van der Waals surface area contributed by atoms with Gasteiger partial charge in [0, 0.05) is 34.7 Å². The van der Waals surface area contributed by atoms with Crippen molar-refractivity contribution in [3.63, 3.8) is 0 Å². The minimum Gasteiger partial charge on any atom is -0.355 e. The standard InChI is InChI=1S/C19H16N4S2/c1-11-13(4-6-20-11)18-9-14-15(5-7-21-19(14)25-18)23-12-2-3-17-16(8-12)22-10-24-17/h2-5,7-11,20H,6H2,1H3,(H,21,23)/t11-/m1/s1. The molecule has 4 heterocycles. The van der Waals surface area contributed by atoms with Gasteiger partial charge < -0.3 is 10.6 Å². The Labute approximate surface area is 153 Å². The predicted octanol–water partition coefficient (Wildman–Crippen LogP) is 5.02. The molecular formula is C19H16N4S2. The number of thiophene rings is 1. The molecule has 4 aromatic rings. The second-order valence-corrected chi connectivity index (χ2v) is 8.05. The van der Waals surface area contributed by atoms with E-state index in [0.717, 1.165) is 28.3 Å². The summed E-state index contributed by atoms with van der Waals surface area (Å²) >= 11 is 3.42. The van der Waals surface area contributed by atoms with Gasteiger partial charge in [-0.15, -0.1) is 22.7 Å². The van der Waals surface area contributed by atoms with Gasteiger partial charge in [0.1, 0.15) is 4.83 Å². The number of nitrogens with one attached hydrogen (secondary N) is 2. The lowest BCUT2D eigenvalue weighted by molar-refractivity contribution is 0.737. The molecule has 124 valence electrons. The fourth-order valence-electron chi connectivity index (χ4n) is 3.23. The van der Waals surface area contributed by atoms with Crippen molar-refractivity contribution in [2.75, 3.05) is 11.9 Å². The van der Waals surface area contributed by atoms with E-state index in [0.29, 0.717) is 6.04 Å². The Balaban J connectivity index is 1.55. The fourth-order valence-corrected chi connectivity index (χ4v) is 5.04. The smallest absolute Gasteiger partial charge is 0.125 e. The van der Waals surface area contributed by atoms with Crippen LogP contribution < -0.4 is 10.6 Å². The van der Waals surface area contributed by atoms with Crippen LogP contribution in [0.5, 0.6) is 0 Å². The molecule has 3 aromatic heterocycles. The number of nitrogens with zero attached hydrogens (tertiary/aromatic N) is 2. The van der Waals surface area contributed by atoms with Crippen molar-refractivity contribution in [2.24, 2.45) is 0 Å². The van der Waals surface area contributed by atoms with Crippen LogP contribution in [-0.4, -0.2) is 22.6 Å². The molecule has 1 atom stereocenters. The largest absolute Gasteiger partial charge is 0.355 e. The first kappa shape index (κ1) is 15.0. The van der Waals surface area contributed by atoms with Gasteiger partial charge >= 0.3 is 0 Å². The monoisotopic (exact) mass is 364 g/mol. The normalized spacial score (nSPS) is 17.3. The van der Waals surface area contributed by atoms with Crippen LogP contribution in [0, 0.1) is 0 Å². The average molecular weight is 364 g/mol. The molecule has 1 aliphatic heterocycles. The number of anilines is 2. The quantitative estimate of drug-likeness (QED) is 0.536. The zero-order chi connectivity index (χ0) is 16.8. The number of hydrogen-bond donors (Lipinski definition) is 2. The SMILES string of the molecule is C[C@H]1NCC=C1c1cc2c(Nc3ccc4scnc4c3)ccnc2s1. The minimum absolute atomic E-state index is 0.400. The predicted molar refractivity (Wildman–Crippen MR) is 108 cm³/mol. The average Bonchev–Trinajstić information content (AvgIpc) is 3.32. The summed E-state index contributed by atoms with van der Waals surface area (Å²) in [4.78, 5) is 11.3. The van der Waals surface area contributed by atoms with Crippen LogP contribution in [0.15, 0.2) is 48.1 Å². The van der Waals surface area contributed by atoms with Crippen LogP contribution in [0.1, 0.15) is 11.8 Å². The van der Waals surface area contributed by atoms with Crippen LogP contribution in [-0.2, 0) is 0 Å². The Morgan fingerprint density at radius 2 is 2.16 bits per heavy atom. The first-order valence-electron chi connectivity index (χ1n) is 8.20. The van der Waals surface area contributed by atoms with Gasteiger partial charge in [0.05, 0.1) is 21.4 Å². The Kier molecular flexibility index (Phi) is 3.55.